The van der Waals surface area contributed by atoms with Gasteiger partial charge in [-0.1, -0.05) is 12.1 Å². The summed E-state index contributed by atoms with van der Waals surface area (Å²) in [4.78, 5) is 11.6. The molecule has 162 valence electrons. The van der Waals surface area contributed by atoms with Crippen molar-refractivity contribution in [1.82, 2.24) is 9.97 Å². The Morgan fingerprint density at radius 3 is 2.32 bits per heavy atom. The average molecular weight is 502 g/mol. The minimum absolute atomic E-state index is 0.190. The van der Waals surface area contributed by atoms with Gasteiger partial charge in [-0.05, 0) is 78.5 Å². The Morgan fingerprint density at radius 1 is 0.935 bits per heavy atom. The average Bonchev–Trinajstić information content (AvgIpc) is 2.75. The van der Waals surface area contributed by atoms with Crippen LogP contribution in [0.5, 0.6) is 0 Å². The first-order valence-corrected chi connectivity index (χ1v) is 12.4. The third-order valence-corrected chi connectivity index (χ3v) is 7.43. The molecule has 0 saturated carbocycles. The number of hydrogen-bond acceptors (Lipinski definition) is 6. The molecule has 1 saturated heterocycles. The summed E-state index contributed by atoms with van der Waals surface area (Å²) in [5.74, 6) is 1.47. The van der Waals surface area contributed by atoms with Gasteiger partial charge in [0.05, 0.1) is 0 Å². The molecule has 0 bridgehead atoms. The Morgan fingerprint density at radius 2 is 1.61 bits per heavy atom. The molecule has 0 atom stereocenters. The SMILES string of the molecule is Cc1cc(N2CCCCC2)nc(Nc2ccc(NS(=O)(=O)c3ccccc3Br)cc2)n1. The van der Waals surface area contributed by atoms with E-state index in [1.165, 1.54) is 19.3 Å². The summed E-state index contributed by atoms with van der Waals surface area (Å²) in [6, 6.07) is 15.7. The van der Waals surface area contributed by atoms with Crippen molar-refractivity contribution in [1.29, 1.82) is 0 Å². The zero-order valence-electron chi connectivity index (χ0n) is 17.2. The number of piperidine rings is 1. The maximum atomic E-state index is 12.6. The molecule has 2 aromatic carbocycles. The zero-order chi connectivity index (χ0) is 21.8. The van der Waals surface area contributed by atoms with Gasteiger partial charge in [-0.3, -0.25) is 4.72 Å². The highest BCUT2D eigenvalue weighted by Gasteiger charge is 2.17. The lowest BCUT2D eigenvalue weighted by Crippen LogP contribution is -2.30. The largest absolute Gasteiger partial charge is 0.356 e. The molecule has 0 amide bonds. The number of halogens is 1. The van der Waals surface area contributed by atoms with Gasteiger partial charge in [-0.15, -0.1) is 0 Å². The predicted molar refractivity (Wildman–Crippen MR) is 128 cm³/mol. The van der Waals surface area contributed by atoms with E-state index < -0.39 is 10.0 Å². The second kappa shape index (κ2) is 9.23. The number of hydrogen-bond donors (Lipinski definition) is 2. The van der Waals surface area contributed by atoms with E-state index in [1.54, 1.807) is 48.5 Å². The van der Waals surface area contributed by atoms with Gasteiger partial charge in [-0.2, -0.15) is 4.98 Å². The Balaban J connectivity index is 1.48. The van der Waals surface area contributed by atoms with Crippen molar-refractivity contribution in [2.24, 2.45) is 0 Å². The van der Waals surface area contributed by atoms with Crippen LogP contribution in [0.25, 0.3) is 0 Å². The molecule has 0 radical (unpaired) electrons. The van der Waals surface area contributed by atoms with E-state index in [2.05, 4.69) is 40.8 Å². The summed E-state index contributed by atoms with van der Waals surface area (Å²) in [5, 5.41) is 3.22. The molecule has 1 aliphatic rings. The number of anilines is 4. The molecule has 31 heavy (non-hydrogen) atoms. The molecule has 1 aliphatic heterocycles. The molecule has 4 rings (SSSR count). The second-order valence-corrected chi connectivity index (χ2v) is 9.98. The molecule has 1 aromatic heterocycles. The van der Waals surface area contributed by atoms with Crippen LogP contribution >= 0.6 is 15.9 Å². The Hall–Kier alpha value is -2.65. The van der Waals surface area contributed by atoms with Crippen molar-refractivity contribution >= 4 is 49.1 Å². The van der Waals surface area contributed by atoms with Crippen LogP contribution in [0.2, 0.25) is 0 Å². The molecule has 1 fully saturated rings. The first kappa shape index (κ1) is 21.6. The number of sulfonamides is 1. The van der Waals surface area contributed by atoms with Crippen molar-refractivity contribution in [3.05, 3.63) is 64.8 Å². The van der Waals surface area contributed by atoms with E-state index in [0.717, 1.165) is 30.3 Å². The van der Waals surface area contributed by atoms with Gasteiger partial charge in [0.1, 0.15) is 10.7 Å². The quantitative estimate of drug-likeness (QED) is 0.489. The third kappa shape index (κ3) is 5.34. The molecule has 0 unspecified atom stereocenters. The van der Waals surface area contributed by atoms with Gasteiger partial charge in [0.2, 0.25) is 5.95 Å². The Bertz CT molecular complexity index is 1160. The van der Waals surface area contributed by atoms with E-state index in [9.17, 15) is 8.42 Å². The van der Waals surface area contributed by atoms with Crippen LogP contribution in [0.15, 0.2) is 64.0 Å². The number of aromatic nitrogens is 2. The van der Waals surface area contributed by atoms with Gasteiger partial charge in [0.15, 0.2) is 0 Å². The van der Waals surface area contributed by atoms with E-state index in [1.807, 2.05) is 13.0 Å². The minimum Gasteiger partial charge on any atom is -0.356 e. The number of nitrogens with zero attached hydrogens (tertiary/aromatic N) is 3. The smallest absolute Gasteiger partial charge is 0.263 e. The lowest BCUT2D eigenvalue weighted by Gasteiger charge is -2.28. The van der Waals surface area contributed by atoms with Crippen molar-refractivity contribution in [2.75, 3.05) is 28.0 Å². The van der Waals surface area contributed by atoms with Crippen LogP contribution in [-0.2, 0) is 10.0 Å². The molecule has 2 N–H and O–H groups in total. The highest BCUT2D eigenvalue weighted by molar-refractivity contribution is 9.10. The van der Waals surface area contributed by atoms with E-state index >= 15 is 0 Å². The molecule has 7 nitrogen and oxygen atoms in total. The fourth-order valence-electron chi connectivity index (χ4n) is 3.52. The number of rotatable bonds is 6. The van der Waals surface area contributed by atoms with E-state index in [0.29, 0.717) is 16.1 Å². The minimum atomic E-state index is -3.69. The highest BCUT2D eigenvalue weighted by Crippen LogP contribution is 2.25. The maximum Gasteiger partial charge on any atom is 0.263 e. The third-order valence-electron chi connectivity index (χ3n) is 5.04. The molecule has 9 heteroatoms. The fraction of sp³-hybridized carbons (Fsp3) is 0.273. The number of benzene rings is 2. The summed E-state index contributed by atoms with van der Waals surface area (Å²) in [7, 11) is -3.69. The summed E-state index contributed by atoms with van der Waals surface area (Å²) in [5.41, 5.74) is 2.15. The molecular weight excluding hydrogens is 478 g/mol. The number of aryl methyl sites for hydroxylation is 1. The van der Waals surface area contributed by atoms with Crippen molar-refractivity contribution in [2.45, 2.75) is 31.1 Å². The van der Waals surface area contributed by atoms with Crippen molar-refractivity contribution in [3.8, 4) is 0 Å². The first-order valence-electron chi connectivity index (χ1n) is 10.2. The van der Waals surface area contributed by atoms with Gasteiger partial charge >= 0.3 is 0 Å². The van der Waals surface area contributed by atoms with E-state index in [-0.39, 0.29) is 4.90 Å². The molecule has 0 spiro atoms. The lowest BCUT2D eigenvalue weighted by atomic mass is 10.1. The lowest BCUT2D eigenvalue weighted by molar-refractivity contribution is 0.573. The normalized spacial score (nSPS) is 14.3. The Kier molecular flexibility index (Phi) is 6.43. The van der Waals surface area contributed by atoms with Crippen molar-refractivity contribution in [3.63, 3.8) is 0 Å². The molecule has 2 heterocycles. The summed E-state index contributed by atoms with van der Waals surface area (Å²) < 4.78 is 28.4. The predicted octanol–water partition coefficient (Wildman–Crippen LogP) is 5.08. The van der Waals surface area contributed by atoms with Gasteiger partial charge < -0.3 is 10.2 Å². The fourth-order valence-corrected chi connectivity index (χ4v) is 5.58. The monoisotopic (exact) mass is 501 g/mol. The topological polar surface area (TPSA) is 87.2 Å². The second-order valence-electron chi connectivity index (χ2n) is 7.48. The Labute approximate surface area is 191 Å². The van der Waals surface area contributed by atoms with Crippen LogP contribution in [0.3, 0.4) is 0 Å². The van der Waals surface area contributed by atoms with Crippen LogP contribution in [0, 0.1) is 6.92 Å². The van der Waals surface area contributed by atoms with Gasteiger partial charge in [-0.25, -0.2) is 13.4 Å². The summed E-state index contributed by atoms with van der Waals surface area (Å²) >= 11 is 3.29. The van der Waals surface area contributed by atoms with Crippen LogP contribution in [0.4, 0.5) is 23.1 Å². The van der Waals surface area contributed by atoms with Gasteiger partial charge in [0, 0.05) is 40.7 Å². The summed E-state index contributed by atoms with van der Waals surface area (Å²) in [6.07, 6.45) is 3.63. The molecular formula is C22H24BrN5O2S. The standard InChI is InChI=1S/C22H24BrN5O2S/c1-16-15-21(28-13-5-2-6-14-28)26-22(24-16)25-17-9-11-18(12-10-17)27-31(29,30)20-8-4-3-7-19(20)23/h3-4,7-12,15,27H,2,5-6,13-14H2,1H3,(H,24,25,26). The van der Waals surface area contributed by atoms with E-state index in [4.69, 9.17) is 0 Å². The summed E-state index contributed by atoms with van der Waals surface area (Å²) in [6.45, 7) is 3.99. The van der Waals surface area contributed by atoms with Gasteiger partial charge in [0.25, 0.3) is 10.0 Å². The van der Waals surface area contributed by atoms with Crippen molar-refractivity contribution < 1.29 is 8.42 Å². The maximum absolute atomic E-state index is 12.6. The zero-order valence-corrected chi connectivity index (χ0v) is 19.6. The number of nitrogens with one attached hydrogen (secondary N) is 2. The highest BCUT2D eigenvalue weighted by atomic mass is 79.9. The van der Waals surface area contributed by atoms with Crippen LogP contribution in [0.1, 0.15) is 25.0 Å². The molecule has 0 aliphatic carbocycles. The molecule has 3 aromatic rings. The van der Waals surface area contributed by atoms with Crippen LogP contribution in [-0.4, -0.2) is 31.5 Å². The van der Waals surface area contributed by atoms with Crippen LogP contribution < -0.4 is 14.9 Å². The first-order chi connectivity index (χ1) is 14.9.